The van der Waals surface area contributed by atoms with Crippen molar-refractivity contribution in [2.24, 2.45) is 11.8 Å². The quantitative estimate of drug-likeness (QED) is 0.475. The van der Waals surface area contributed by atoms with Crippen LogP contribution < -0.4 is 0 Å². The van der Waals surface area contributed by atoms with Gasteiger partial charge in [0.2, 0.25) is 0 Å². The number of esters is 1. The molecule has 1 aliphatic carbocycles. The molecule has 0 spiro atoms. The van der Waals surface area contributed by atoms with Crippen LogP contribution in [0, 0.1) is 11.8 Å². The summed E-state index contributed by atoms with van der Waals surface area (Å²) in [7, 11) is 0. The van der Waals surface area contributed by atoms with E-state index in [0.29, 0.717) is 5.92 Å². The third kappa shape index (κ3) is 0.678. The second kappa shape index (κ2) is 1.97. The van der Waals surface area contributed by atoms with Crippen LogP contribution in [0.4, 0.5) is 0 Å². The van der Waals surface area contributed by atoms with Gasteiger partial charge in [-0.2, -0.15) is 0 Å². The molecule has 0 radical (unpaired) electrons. The van der Waals surface area contributed by atoms with Crippen molar-refractivity contribution in [2.45, 2.75) is 32.3 Å². The van der Waals surface area contributed by atoms with Crippen molar-refractivity contribution in [1.82, 2.24) is 0 Å². The van der Waals surface area contributed by atoms with Crippen LogP contribution in [0.2, 0.25) is 0 Å². The first-order chi connectivity index (χ1) is 4.79. The summed E-state index contributed by atoms with van der Waals surface area (Å²) in [5.74, 6) is 0.859. The molecule has 0 unspecified atom stereocenters. The van der Waals surface area contributed by atoms with Gasteiger partial charge in [-0.1, -0.05) is 6.42 Å². The first kappa shape index (κ1) is 6.20. The Balaban J connectivity index is 2.19. The predicted octanol–water partition coefficient (Wildman–Crippen LogP) is 1.35. The van der Waals surface area contributed by atoms with Crippen molar-refractivity contribution >= 4 is 5.97 Å². The molecular weight excluding hydrogens is 128 g/mol. The summed E-state index contributed by atoms with van der Waals surface area (Å²) in [6.45, 7) is 2.01. The molecule has 2 nitrogen and oxygen atoms in total. The summed E-state index contributed by atoms with van der Waals surface area (Å²) in [6, 6.07) is 0. The van der Waals surface area contributed by atoms with Gasteiger partial charge < -0.3 is 4.74 Å². The number of carbonyl (C=O) groups is 1. The first-order valence-corrected chi connectivity index (χ1v) is 3.99. The van der Waals surface area contributed by atoms with Gasteiger partial charge in [0.1, 0.15) is 6.10 Å². The third-order valence-electron chi connectivity index (χ3n) is 2.78. The van der Waals surface area contributed by atoms with Crippen molar-refractivity contribution in [1.29, 1.82) is 0 Å². The number of hydrogen-bond donors (Lipinski definition) is 0. The fraction of sp³-hybridized carbons (Fsp3) is 0.875. The van der Waals surface area contributed by atoms with Crippen molar-refractivity contribution in [3.8, 4) is 0 Å². The molecule has 2 heteroatoms. The highest BCUT2D eigenvalue weighted by Crippen LogP contribution is 2.40. The SMILES string of the molecule is C[C@@H]1OC(=O)[C@H]2CCC[C@@H]12. The molecule has 3 atom stereocenters. The van der Waals surface area contributed by atoms with E-state index in [-0.39, 0.29) is 18.0 Å². The Kier molecular flexibility index (Phi) is 1.22. The van der Waals surface area contributed by atoms with Crippen LogP contribution in [0.1, 0.15) is 26.2 Å². The average molecular weight is 140 g/mol. The maximum atomic E-state index is 11.0. The number of rotatable bonds is 0. The Morgan fingerprint density at radius 2 is 2.30 bits per heavy atom. The first-order valence-electron chi connectivity index (χ1n) is 3.99. The molecule has 2 rings (SSSR count). The van der Waals surface area contributed by atoms with E-state index in [9.17, 15) is 4.79 Å². The zero-order chi connectivity index (χ0) is 7.14. The van der Waals surface area contributed by atoms with Crippen molar-refractivity contribution in [2.75, 3.05) is 0 Å². The Labute approximate surface area is 60.6 Å². The molecule has 0 aromatic carbocycles. The minimum absolute atomic E-state index is 0.0509. The molecular formula is C8H12O2. The van der Waals surface area contributed by atoms with E-state index >= 15 is 0 Å². The third-order valence-corrected chi connectivity index (χ3v) is 2.78. The van der Waals surface area contributed by atoms with Crippen molar-refractivity contribution in [3.63, 3.8) is 0 Å². The van der Waals surface area contributed by atoms with Gasteiger partial charge in [0, 0.05) is 5.92 Å². The Morgan fingerprint density at radius 1 is 1.50 bits per heavy atom. The molecule has 1 saturated heterocycles. The molecule has 10 heavy (non-hydrogen) atoms. The van der Waals surface area contributed by atoms with E-state index in [2.05, 4.69) is 0 Å². The molecule has 1 aliphatic heterocycles. The van der Waals surface area contributed by atoms with Crippen LogP contribution in [0.25, 0.3) is 0 Å². The topological polar surface area (TPSA) is 26.3 Å². The lowest BCUT2D eigenvalue weighted by molar-refractivity contribution is -0.144. The van der Waals surface area contributed by atoms with Gasteiger partial charge in [0.25, 0.3) is 0 Å². The summed E-state index contributed by atoms with van der Waals surface area (Å²) in [4.78, 5) is 11.0. The molecule has 2 aliphatic rings. The Morgan fingerprint density at radius 3 is 3.00 bits per heavy atom. The van der Waals surface area contributed by atoms with Gasteiger partial charge in [0.15, 0.2) is 0 Å². The molecule has 0 bridgehead atoms. The molecule has 2 fully saturated rings. The monoisotopic (exact) mass is 140 g/mol. The van der Waals surface area contributed by atoms with E-state index in [1.54, 1.807) is 0 Å². The summed E-state index contributed by atoms with van der Waals surface area (Å²) in [5.41, 5.74) is 0. The highest BCUT2D eigenvalue weighted by Gasteiger charge is 2.44. The molecule has 0 N–H and O–H groups in total. The lowest BCUT2D eigenvalue weighted by atomic mass is 9.95. The summed E-state index contributed by atoms with van der Waals surface area (Å²) >= 11 is 0. The van der Waals surface area contributed by atoms with Gasteiger partial charge in [-0.05, 0) is 19.8 Å². The standard InChI is InChI=1S/C8H12O2/c1-5-6-3-2-4-7(6)8(9)10-5/h5-7H,2-4H2,1H3/t5-,6-,7-/m0/s1. The van der Waals surface area contributed by atoms with E-state index in [4.69, 9.17) is 4.74 Å². The Bertz CT molecular complexity index is 165. The Hall–Kier alpha value is -0.530. The van der Waals surface area contributed by atoms with Crippen molar-refractivity contribution < 1.29 is 9.53 Å². The molecule has 0 amide bonds. The lowest BCUT2D eigenvalue weighted by Crippen LogP contribution is -2.11. The molecule has 56 valence electrons. The fourth-order valence-corrected chi connectivity index (χ4v) is 2.20. The number of carbonyl (C=O) groups excluding carboxylic acids is 1. The average Bonchev–Trinajstić information content (AvgIpc) is 2.39. The number of hydrogen-bond acceptors (Lipinski definition) is 2. The van der Waals surface area contributed by atoms with E-state index in [1.165, 1.54) is 12.8 Å². The van der Waals surface area contributed by atoms with Crippen LogP contribution in [-0.2, 0) is 9.53 Å². The zero-order valence-electron chi connectivity index (χ0n) is 6.17. The van der Waals surface area contributed by atoms with E-state index in [1.807, 2.05) is 6.92 Å². The number of fused-ring (bicyclic) bond motifs is 1. The minimum atomic E-state index is 0.0509. The van der Waals surface area contributed by atoms with Gasteiger partial charge in [-0.15, -0.1) is 0 Å². The second-order valence-corrected chi connectivity index (χ2v) is 3.34. The van der Waals surface area contributed by atoms with Gasteiger partial charge in [-0.25, -0.2) is 0 Å². The van der Waals surface area contributed by atoms with Crippen molar-refractivity contribution in [3.05, 3.63) is 0 Å². The largest absolute Gasteiger partial charge is 0.462 e. The molecule has 0 aromatic rings. The zero-order valence-corrected chi connectivity index (χ0v) is 6.17. The van der Waals surface area contributed by atoms with E-state index < -0.39 is 0 Å². The fourth-order valence-electron chi connectivity index (χ4n) is 2.20. The minimum Gasteiger partial charge on any atom is -0.462 e. The van der Waals surface area contributed by atoms with Gasteiger partial charge >= 0.3 is 5.97 Å². The molecule has 1 saturated carbocycles. The normalized spacial score (nSPS) is 45.3. The van der Waals surface area contributed by atoms with E-state index in [0.717, 1.165) is 6.42 Å². The highest BCUT2D eigenvalue weighted by atomic mass is 16.6. The van der Waals surface area contributed by atoms with Crippen LogP contribution in [0.15, 0.2) is 0 Å². The molecule has 1 heterocycles. The van der Waals surface area contributed by atoms with Crippen LogP contribution in [0.3, 0.4) is 0 Å². The molecule has 0 aromatic heterocycles. The second-order valence-electron chi connectivity index (χ2n) is 3.34. The van der Waals surface area contributed by atoms with Gasteiger partial charge in [-0.3, -0.25) is 4.79 Å². The smallest absolute Gasteiger partial charge is 0.309 e. The number of cyclic esters (lactones) is 1. The maximum absolute atomic E-state index is 11.0. The van der Waals surface area contributed by atoms with Crippen LogP contribution in [-0.4, -0.2) is 12.1 Å². The van der Waals surface area contributed by atoms with Crippen LogP contribution >= 0.6 is 0 Å². The predicted molar refractivity (Wildman–Crippen MR) is 36.4 cm³/mol. The summed E-state index contributed by atoms with van der Waals surface area (Å²) in [5, 5.41) is 0. The number of ether oxygens (including phenoxy) is 1. The summed E-state index contributed by atoms with van der Waals surface area (Å²) in [6.07, 6.45) is 3.67. The maximum Gasteiger partial charge on any atom is 0.309 e. The lowest BCUT2D eigenvalue weighted by Gasteiger charge is -2.07. The van der Waals surface area contributed by atoms with Crippen LogP contribution in [0.5, 0.6) is 0 Å². The highest BCUT2D eigenvalue weighted by molar-refractivity contribution is 5.75. The van der Waals surface area contributed by atoms with Gasteiger partial charge in [0.05, 0.1) is 5.92 Å². The summed E-state index contributed by atoms with van der Waals surface area (Å²) < 4.78 is 5.09.